The number of nitrogens with one attached hydrogen (secondary N) is 2. The second-order valence-electron chi connectivity index (χ2n) is 6.43. The molecule has 0 atom stereocenters. The predicted octanol–water partition coefficient (Wildman–Crippen LogP) is 3.58. The smallest absolute Gasteiger partial charge is 0.267 e. The molecule has 2 aromatic rings. The molecule has 2 aromatic carbocycles. The number of hydrogen-bond donors (Lipinski definition) is 2. The first-order chi connectivity index (χ1) is 14.8. The SMILES string of the molecule is N#C/C(=C/Nc1cc(S(=O)(=O)N2CCOCC2)ccc1Cl)C(=O)Nc1ccc(Br)cc1. The summed E-state index contributed by atoms with van der Waals surface area (Å²) in [6, 6.07) is 12.9. The molecule has 0 saturated carbocycles. The van der Waals surface area contributed by atoms with E-state index in [4.69, 9.17) is 16.3 Å². The summed E-state index contributed by atoms with van der Waals surface area (Å²) in [4.78, 5) is 12.4. The van der Waals surface area contributed by atoms with Crippen LogP contribution in [0.1, 0.15) is 0 Å². The number of benzene rings is 2. The van der Waals surface area contributed by atoms with Gasteiger partial charge in [-0.05, 0) is 42.5 Å². The van der Waals surface area contributed by atoms with E-state index in [1.54, 1.807) is 24.3 Å². The number of nitriles is 1. The minimum Gasteiger partial charge on any atom is -0.379 e. The lowest BCUT2D eigenvalue weighted by molar-refractivity contribution is -0.112. The lowest BCUT2D eigenvalue weighted by Crippen LogP contribution is -2.40. The van der Waals surface area contributed by atoms with Crippen molar-refractivity contribution in [2.75, 3.05) is 36.9 Å². The third kappa shape index (κ3) is 5.84. The molecule has 3 rings (SSSR count). The van der Waals surface area contributed by atoms with Crippen LogP contribution in [-0.2, 0) is 19.6 Å². The van der Waals surface area contributed by atoms with Gasteiger partial charge in [0.15, 0.2) is 0 Å². The molecule has 2 N–H and O–H groups in total. The Bertz CT molecular complexity index is 1140. The van der Waals surface area contributed by atoms with Gasteiger partial charge >= 0.3 is 0 Å². The maximum Gasteiger partial charge on any atom is 0.267 e. The zero-order valence-corrected chi connectivity index (χ0v) is 19.3. The van der Waals surface area contributed by atoms with E-state index in [0.29, 0.717) is 18.9 Å². The zero-order valence-electron chi connectivity index (χ0n) is 16.1. The second kappa shape index (κ2) is 10.3. The van der Waals surface area contributed by atoms with E-state index in [2.05, 4.69) is 26.6 Å². The van der Waals surface area contributed by atoms with Crippen LogP contribution in [0, 0.1) is 11.3 Å². The molecule has 1 fully saturated rings. The highest BCUT2D eigenvalue weighted by Crippen LogP contribution is 2.27. The lowest BCUT2D eigenvalue weighted by Gasteiger charge is -2.26. The first kappa shape index (κ1) is 23.2. The number of hydrogen-bond acceptors (Lipinski definition) is 6. The van der Waals surface area contributed by atoms with Crippen LogP contribution in [0.15, 0.2) is 63.6 Å². The Labute approximate surface area is 193 Å². The van der Waals surface area contributed by atoms with Gasteiger partial charge in [-0.3, -0.25) is 4.79 Å². The van der Waals surface area contributed by atoms with Crippen LogP contribution >= 0.6 is 27.5 Å². The Morgan fingerprint density at radius 3 is 2.52 bits per heavy atom. The highest BCUT2D eigenvalue weighted by molar-refractivity contribution is 9.10. The van der Waals surface area contributed by atoms with Crippen molar-refractivity contribution in [2.45, 2.75) is 4.90 Å². The van der Waals surface area contributed by atoms with Crippen molar-refractivity contribution in [3.05, 3.63) is 63.7 Å². The molecule has 0 radical (unpaired) electrons. The van der Waals surface area contributed by atoms with Crippen molar-refractivity contribution in [2.24, 2.45) is 0 Å². The van der Waals surface area contributed by atoms with Crippen LogP contribution < -0.4 is 10.6 Å². The Hall–Kier alpha value is -2.42. The highest BCUT2D eigenvalue weighted by Gasteiger charge is 2.26. The average molecular weight is 526 g/mol. The van der Waals surface area contributed by atoms with E-state index in [1.165, 1.54) is 28.7 Å². The van der Waals surface area contributed by atoms with Crippen molar-refractivity contribution >= 4 is 54.8 Å². The second-order valence-corrected chi connectivity index (χ2v) is 9.69. The number of morpholine rings is 1. The van der Waals surface area contributed by atoms with E-state index in [0.717, 1.165) is 4.47 Å². The molecule has 0 unspecified atom stereocenters. The number of halogens is 2. The Morgan fingerprint density at radius 2 is 1.87 bits per heavy atom. The van der Waals surface area contributed by atoms with E-state index in [9.17, 15) is 18.5 Å². The molecular formula is C20H18BrClN4O4S. The number of anilines is 2. The molecular weight excluding hydrogens is 508 g/mol. The van der Waals surface area contributed by atoms with E-state index in [-0.39, 0.29) is 34.3 Å². The first-order valence-electron chi connectivity index (χ1n) is 9.12. The molecule has 162 valence electrons. The summed E-state index contributed by atoms with van der Waals surface area (Å²) < 4.78 is 33.1. The minimum absolute atomic E-state index is 0.0486. The number of nitrogens with zero attached hydrogens (tertiary/aromatic N) is 2. The average Bonchev–Trinajstić information content (AvgIpc) is 2.77. The standard InChI is InChI=1S/C20H18BrClN4O4S/c21-15-1-3-16(4-2-15)25-20(27)14(12-23)13-24-19-11-17(5-6-18(19)22)31(28,29)26-7-9-30-10-8-26/h1-6,11,13,24H,7-10H2,(H,25,27)/b14-13-. The van der Waals surface area contributed by atoms with Gasteiger partial charge < -0.3 is 15.4 Å². The van der Waals surface area contributed by atoms with Gasteiger partial charge in [0.05, 0.1) is 28.8 Å². The summed E-state index contributed by atoms with van der Waals surface area (Å²) in [5, 5.41) is 15.0. The zero-order chi connectivity index (χ0) is 22.4. The number of carbonyl (C=O) groups excluding carboxylic acids is 1. The first-order valence-corrected chi connectivity index (χ1v) is 11.7. The summed E-state index contributed by atoms with van der Waals surface area (Å²) in [5.41, 5.74) is 0.562. The van der Waals surface area contributed by atoms with Crippen molar-refractivity contribution in [3.63, 3.8) is 0 Å². The van der Waals surface area contributed by atoms with Crippen molar-refractivity contribution < 1.29 is 17.9 Å². The highest BCUT2D eigenvalue weighted by atomic mass is 79.9. The molecule has 1 amide bonds. The predicted molar refractivity (Wildman–Crippen MR) is 121 cm³/mol. The van der Waals surface area contributed by atoms with Crippen molar-refractivity contribution in [1.82, 2.24) is 4.31 Å². The van der Waals surface area contributed by atoms with Gasteiger partial charge in [-0.25, -0.2) is 8.42 Å². The fraction of sp³-hybridized carbons (Fsp3) is 0.200. The van der Waals surface area contributed by atoms with Gasteiger partial charge in [0.2, 0.25) is 10.0 Å². The van der Waals surface area contributed by atoms with Gasteiger partial charge in [-0.1, -0.05) is 27.5 Å². The summed E-state index contributed by atoms with van der Waals surface area (Å²) in [7, 11) is -3.72. The molecule has 0 bridgehead atoms. The van der Waals surface area contributed by atoms with E-state index >= 15 is 0 Å². The van der Waals surface area contributed by atoms with Gasteiger partial charge in [0, 0.05) is 29.4 Å². The summed E-state index contributed by atoms with van der Waals surface area (Å²) in [5.74, 6) is -0.620. The van der Waals surface area contributed by atoms with Crippen LogP contribution in [0.25, 0.3) is 0 Å². The Kier molecular flexibility index (Phi) is 7.69. The molecule has 31 heavy (non-hydrogen) atoms. The van der Waals surface area contributed by atoms with Crippen molar-refractivity contribution in [3.8, 4) is 6.07 Å². The topological polar surface area (TPSA) is 112 Å². The van der Waals surface area contributed by atoms with Crippen LogP contribution in [0.2, 0.25) is 5.02 Å². The molecule has 8 nitrogen and oxygen atoms in total. The van der Waals surface area contributed by atoms with Gasteiger partial charge in [-0.2, -0.15) is 9.57 Å². The Morgan fingerprint density at radius 1 is 1.19 bits per heavy atom. The lowest BCUT2D eigenvalue weighted by atomic mass is 10.2. The molecule has 0 spiro atoms. The fourth-order valence-corrected chi connectivity index (χ4v) is 4.61. The number of carbonyl (C=O) groups is 1. The third-order valence-electron chi connectivity index (χ3n) is 4.38. The molecule has 1 aliphatic heterocycles. The van der Waals surface area contributed by atoms with Crippen LogP contribution in [0.3, 0.4) is 0 Å². The quantitative estimate of drug-likeness (QED) is 0.440. The molecule has 11 heteroatoms. The maximum atomic E-state index is 12.8. The monoisotopic (exact) mass is 524 g/mol. The summed E-state index contributed by atoms with van der Waals surface area (Å²) >= 11 is 9.48. The van der Waals surface area contributed by atoms with Crippen LogP contribution in [0.5, 0.6) is 0 Å². The summed E-state index contributed by atoms with van der Waals surface area (Å²) in [6.45, 7) is 1.20. The number of ether oxygens (including phenoxy) is 1. The van der Waals surface area contributed by atoms with Crippen LogP contribution in [-0.4, -0.2) is 44.9 Å². The molecule has 1 aliphatic rings. The van der Waals surface area contributed by atoms with Crippen LogP contribution in [0.4, 0.5) is 11.4 Å². The number of rotatable bonds is 6. The molecule has 1 saturated heterocycles. The minimum atomic E-state index is -3.72. The maximum absolute atomic E-state index is 12.8. The van der Waals surface area contributed by atoms with Gasteiger partial charge in [0.1, 0.15) is 11.6 Å². The van der Waals surface area contributed by atoms with E-state index in [1.807, 2.05) is 6.07 Å². The third-order valence-corrected chi connectivity index (χ3v) is 7.14. The normalized spacial score (nSPS) is 15.2. The fourth-order valence-electron chi connectivity index (χ4n) is 2.74. The van der Waals surface area contributed by atoms with Gasteiger partial charge in [-0.15, -0.1) is 0 Å². The Balaban J connectivity index is 1.78. The van der Waals surface area contributed by atoms with Crippen molar-refractivity contribution in [1.29, 1.82) is 5.26 Å². The van der Waals surface area contributed by atoms with E-state index < -0.39 is 15.9 Å². The largest absolute Gasteiger partial charge is 0.379 e. The molecule has 0 aliphatic carbocycles. The van der Waals surface area contributed by atoms with Gasteiger partial charge in [0.25, 0.3) is 5.91 Å². The number of sulfonamides is 1. The molecule has 1 heterocycles. The number of amides is 1. The summed E-state index contributed by atoms with van der Waals surface area (Å²) in [6.07, 6.45) is 1.18. The molecule has 0 aromatic heterocycles.